The van der Waals surface area contributed by atoms with Gasteiger partial charge in [0.15, 0.2) is 0 Å². The van der Waals surface area contributed by atoms with E-state index in [1.54, 1.807) is 0 Å². The van der Waals surface area contributed by atoms with Gasteiger partial charge in [-0.25, -0.2) is 0 Å². The van der Waals surface area contributed by atoms with Crippen LogP contribution in [0.3, 0.4) is 0 Å². The average molecular weight is 249 g/mol. The predicted octanol–water partition coefficient (Wildman–Crippen LogP) is 3.41. The Morgan fingerprint density at radius 1 is 1.17 bits per heavy atom. The third kappa shape index (κ3) is 5.65. The van der Waals surface area contributed by atoms with Crippen LogP contribution in [0.2, 0.25) is 0 Å². The van der Waals surface area contributed by atoms with Crippen LogP contribution in [0, 0.1) is 0 Å². The van der Waals surface area contributed by atoms with Gasteiger partial charge in [0.05, 0.1) is 12.7 Å². The Morgan fingerprint density at radius 2 is 1.89 bits per heavy atom. The summed E-state index contributed by atoms with van der Waals surface area (Å²) in [7, 11) is 0. The van der Waals surface area contributed by atoms with Gasteiger partial charge >= 0.3 is 0 Å². The van der Waals surface area contributed by atoms with Crippen molar-refractivity contribution in [3.8, 4) is 0 Å². The summed E-state index contributed by atoms with van der Waals surface area (Å²) in [6.45, 7) is 8.45. The lowest BCUT2D eigenvalue weighted by Gasteiger charge is -2.24. The van der Waals surface area contributed by atoms with Crippen LogP contribution in [0.4, 0.5) is 0 Å². The lowest BCUT2D eigenvalue weighted by molar-refractivity contribution is 0.0398. The molecule has 0 aliphatic rings. The molecule has 2 heteroatoms. The van der Waals surface area contributed by atoms with E-state index in [-0.39, 0.29) is 6.10 Å². The van der Waals surface area contributed by atoms with Gasteiger partial charge in [-0.1, -0.05) is 44.2 Å². The van der Waals surface area contributed by atoms with Crippen LogP contribution in [0.1, 0.15) is 39.2 Å². The van der Waals surface area contributed by atoms with E-state index >= 15 is 0 Å². The maximum Gasteiger partial charge on any atom is 0.0699 e. The molecule has 1 N–H and O–H groups in total. The second-order valence-electron chi connectivity index (χ2n) is 4.78. The first-order chi connectivity index (χ1) is 8.77. The number of rotatable bonds is 9. The molecule has 0 amide bonds. The molecule has 0 aromatic heterocycles. The van der Waals surface area contributed by atoms with Crippen LogP contribution in [0.15, 0.2) is 30.3 Å². The van der Waals surface area contributed by atoms with E-state index in [0.717, 1.165) is 26.0 Å². The summed E-state index contributed by atoms with van der Waals surface area (Å²) in [6, 6.07) is 11.0. The van der Waals surface area contributed by atoms with E-state index < -0.39 is 0 Å². The van der Waals surface area contributed by atoms with Crippen LogP contribution in [0.25, 0.3) is 0 Å². The van der Waals surface area contributed by atoms with Crippen molar-refractivity contribution in [2.24, 2.45) is 0 Å². The zero-order chi connectivity index (χ0) is 13.2. The highest BCUT2D eigenvalue weighted by atomic mass is 16.5. The molecule has 0 saturated carbocycles. The van der Waals surface area contributed by atoms with Gasteiger partial charge in [-0.05, 0) is 38.3 Å². The molecule has 102 valence electrons. The van der Waals surface area contributed by atoms with Crippen molar-refractivity contribution in [1.29, 1.82) is 0 Å². The van der Waals surface area contributed by atoms with E-state index in [9.17, 15) is 0 Å². The average Bonchev–Trinajstić information content (AvgIpc) is 2.41. The van der Waals surface area contributed by atoms with E-state index in [1.165, 1.54) is 12.0 Å². The lowest BCUT2D eigenvalue weighted by Crippen LogP contribution is -2.40. The van der Waals surface area contributed by atoms with Crippen molar-refractivity contribution in [3.05, 3.63) is 35.9 Å². The Hall–Kier alpha value is -0.860. The van der Waals surface area contributed by atoms with E-state index in [4.69, 9.17) is 4.74 Å². The van der Waals surface area contributed by atoms with Gasteiger partial charge in [0.25, 0.3) is 0 Å². The van der Waals surface area contributed by atoms with Gasteiger partial charge in [0, 0.05) is 6.04 Å². The summed E-state index contributed by atoms with van der Waals surface area (Å²) in [5, 5.41) is 3.54. The Labute approximate surface area is 112 Å². The van der Waals surface area contributed by atoms with Crippen LogP contribution in [0.5, 0.6) is 0 Å². The maximum absolute atomic E-state index is 5.93. The summed E-state index contributed by atoms with van der Waals surface area (Å²) >= 11 is 0. The molecule has 0 heterocycles. The normalized spacial score (nSPS) is 14.4. The monoisotopic (exact) mass is 249 g/mol. The summed E-state index contributed by atoms with van der Waals surface area (Å²) in [6.07, 6.45) is 3.57. The molecule has 0 aliphatic carbocycles. The number of benzene rings is 1. The topological polar surface area (TPSA) is 21.3 Å². The third-order valence-electron chi connectivity index (χ3n) is 3.28. The van der Waals surface area contributed by atoms with Gasteiger partial charge in [0.1, 0.15) is 0 Å². The van der Waals surface area contributed by atoms with E-state index in [1.807, 2.05) is 0 Å². The Balaban J connectivity index is 2.24. The number of hydrogen-bond donors (Lipinski definition) is 1. The fourth-order valence-electron chi connectivity index (χ4n) is 2.10. The Morgan fingerprint density at radius 3 is 2.50 bits per heavy atom. The molecule has 0 fully saturated rings. The maximum atomic E-state index is 5.93. The van der Waals surface area contributed by atoms with Crippen molar-refractivity contribution >= 4 is 0 Å². The molecule has 1 aromatic carbocycles. The summed E-state index contributed by atoms with van der Waals surface area (Å²) in [4.78, 5) is 0. The summed E-state index contributed by atoms with van der Waals surface area (Å²) in [5.41, 5.74) is 1.35. The van der Waals surface area contributed by atoms with Gasteiger partial charge in [-0.15, -0.1) is 0 Å². The Bertz CT molecular complexity index is 299. The smallest absolute Gasteiger partial charge is 0.0699 e. The highest BCUT2D eigenvalue weighted by Crippen LogP contribution is 2.06. The zero-order valence-corrected chi connectivity index (χ0v) is 12.0. The zero-order valence-electron chi connectivity index (χ0n) is 12.0. The number of nitrogens with one attached hydrogen (secondary N) is 1. The molecule has 2 atom stereocenters. The molecule has 0 saturated heterocycles. The largest absolute Gasteiger partial charge is 0.377 e. The van der Waals surface area contributed by atoms with Crippen molar-refractivity contribution in [3.63, 3.8) is 0 Å². The molecule has 0 bridgehead atoms. The molecule has 2 nitrogen and oxygen atoms in total. The first-order valence-corrected chi connectivity index (χ1v) is 7.16. The first kappa shape index (κ1) is 15.2. The fraction of sp³-hybridized carbons (Fsp3) is 0.625. The Kier molecular flexibility index (Phi) is 7.70. The van der Waals surface area contributed by atoms with Gasteiger partial charge < -0.3 is 10.1 Å². The predicted molar refractivity (Wildman–Crippen MR) is 77.9 cm³/mol. The summed E-state index contributed by atoms with van der Waals surface area (Å²) < 4.78 is 5.93. The fourth-order valence-corrected chi connectivity index (χ4v) is 2.10. The number of hydrogen-bond acceptors (Lipinski definition) is 2. The van der Waals surface area contributed by atoms with E-state index in [0.29, 0.717) is 6.04 Å². The van der Waals surface area contributed by atoms with Crippen LogP contribution < -0.4 is 5.32 Å². The molecule has 0 radical (unpaired) electrons. The molecule has 18 heavy (non-hydrogen) atoms. The van der Waals surface area contributed by atoms with Crippen LogP contribution in [-0.2, 0) is 11.2 Å². The van der Waals surface area contributed by atoms with Crippen molar-refractivity contribution < 1.29 is 4.74 Å². The minimum atomic E-state index is 0.283. The van der Waals surface area contributed by atoms with E-state index in [2.05, 4.69) is 56.4 Å². The molecule has 1 rings (SSSR count). The van der Waals surface area contributed by atoms with Crippen LogP contribution >= 0.6 is 0 Å². The standard InChI is InChI=1S/C16H27NO/c1-4-12-17-16(5-2)14(3)18-13-11-15-9-7-6-8-10-15/h6-10,14,16-17H,4-5,11-13H2,1-3H3. The SMILES string of the molecule is CCCNC(CC)C(C)OCCc1ccccc1. The van der Waals surface area contributed by atoms with Gasteiger partial charge in [0.2, 0.25) is 0 Å². The molecule has 1 aromatic rings. The first-order valence-electron chi connectivity index (χ1n) is 7.16. The van der Waals surface area contributed by atoms with Crippen molar-refractivity contribution in [2.75, 3.05) is 13.2 Å². The molecule has 2 unspecified atom stereocenters. The van der Waals surface area contributed by atoms with Gasteiger partial charge in [-0.2, -0.15) is 0 Å². The molecule has 0 spiro atoms. The minimum absolute atomic E-state index is 0.283. The third-order valence-corrected chi connectivity index (χ3v) is 3.28. The highest BCUT2D eigenvalue weighted by molar-refractivity contribution is 5.14. The second-order valence-corrected chi connectivity index (χ2v) is 4.78. The van der Waals surface area contributed by atoms with Crippen LogP contribution in [-0.4, -0.2) is 25.3 Å². The molecule has 0 aliphatic heterocycles. The minimum Gasteiger partial charge on any atom is -0.377 e. The quantitative estimate of drug-likeness (QED) is 0.724. The van der Waals surface area contributed by atoms with Crippen molar-refractivity contribution in [1.82, 2.24) is 5.32 Å². The lowest BCUT2D eigenvalue weighted by atomic mass is 10.1. The van der Waals surface area contributed by atoms with Gasteiger partial charge in [-0.3, -0.25) is 0 Å². The highest BCUT2D eigenvalue weighted by Gasteiger charge is 2.14. The molecular formula is C16H27NO. The van der Waals surface area contributed by atoms with Crippen molar-refractivity contribution in [2.45, 2.75) is 52.2 Å². The molecular weight excluding hydrogens is 222 g/mol. The number of ether oxygens (including phenoxy) is 1. The second kappa shape index (κ2) is 9.12. The summed E-state index contributed by atoms with van der Waals surface area (Å²) in [5.74, 6) is 0.